The maximum atomic E-state index is 6.02. The van der Waals surface area contributed by atoms with Gasteiger partial charge in [-0.25, -0.2) is 4.98 Å². The maximum absolute atomic E-state index is 6.02. The van der Waals surface area contributed by atoms with E-state index in [0.29, 0.717) is 11.6 Å². The van der Waals surface area contributed by atoms with Crippen molar-refractivity contribution in [3.05, 3.63) is 58.9 Å². The van der Waals surface area contributed by atoms with Gasteiger partial charge < -0.3 is 10.1 Å². The van der Waals surface area contributed by atoms with Crippen molar-refractivity contribution in [2.75, 3.05) is 6.54 Å². The van der Waals surface area contributed by atoms with E-state index in [1.54, 1.807) is 0 Å². The van der Waals surface area contributed by atoms with E-state index in [9.17, 15) is 0 Å². The van der Waals surface area contributed by atoms with Crippen molar-refractivity contribution in [1.29, 1.82) is 0 Å². The van der Waals surface area contributed by atoms with Crippen LogP contribution in [0.2, 0.25) is 5.02 Å². The highest BCUT2D eigenvalue weighted by Crippen LogP contribution is 2.25. The average molecular weight is 286 g/mol. The molecule has 102 valence electrons. The van der Waals surface area contributed by atoms with Crippen molar-refractivity contribution in [3.63, 3.8) is 0 Å². The Labute approximate surface area is 123 Å². The van der Waals surface area contributed by atoms with E-state index in [2.05, 4.69) is 40.6 Å². The van der Waals surface area contributed by atoms with Crippen molar-refractivity contribution in [1.82, 2.24) is 9.38 Å². The molecule has 3 rings (SSSR count). The number of halogens is 1. The largest absolute Gasteiger partial charge is 0.330 e. The van der Waals surface area contributed by atoms with Gasteiger partial charge in [-0.05, 0) is 31.5 Å². The number of hydrogen-bond donors (Lipinski definition) is 1. The number of pyridine rings is 1. The van der Waals surface area contributed by atoms with Gasteiger partial charge in [-0.3, -0.25) is 0 Å². The Kier molecular flexibility index (Phi) is 3.47. The van der Waals surface area contributed by atoms with Crippen molar-refractivity contribution >= 4 is 17.2 Å². The lowest BCUT2D eigenvalue weighted by atomic mass is 10.1. The summed E-state index contributed by atoms with van der Waals surface area (Å²) in [6.45, 7) is 2.74. The molecule has 0 aliphatic rings. The minimum atomic E-state index is 0.672. The molecular formula is C16H16ClN3. The predicted molar refractivity (Wildman–Crippen MR) is 83.1 cm³/mol. The van der Waals surface area contributed by atoms with Crippen molar-refractivity contribution < 1.29 is 0 Å². The molecule has 0 saturated carbocycles. The van der Waals surface area contributed by atoms with Crippen LogP contribution in [0.3, 0.4) is 0 Å². The molecule has 20 heavy (non-hydrogen) atoms. The van der Waals surface area contributed by atoms with Crippen LogP contribution in [0.4, 0.5) is 0 Å². The van der Waals surface area contributed by atoms with E-state index in [1.807, 2.05) is 18.3 Å². The number of nitrogens with zero attached hydrogens (tertiary/aromatic N) is 2. The standard InChI is InChI=1S/C16H16ClN3/c1-11-16(13-4-2-12(3-5-13)6-8-18)19-15-10-14(17)7-9-20(11)15/h2-5,7,9-10H,6,8,18H2,1H3. The fourth-order valence-corrected chi connectivity index (χ4v) is 2.57. The fourth-order valence-electron chi connectivity index (χ4n) is 2.41. The van der Waals surface area contributed by atoms with Crippen LogP contribution in [0.5, 0.6) is 0 Å². The number of aryl methyl sites for hydroxylation is 1. The summed E-state index contributed by atoms with van der Waals surface area (Å²) in [6.07, 6.45) is 2.85. The maximum Gasteiger partial charge on any atom is 0.139 e. The monoisotopic (exact) mass is 285 g/mol. The summed E-state index contributed by atoms with van der Waals surface area (Å²) >= 11 is 6.02. The molecular weight excluding hydrogens is 270 g/mol. The summed E-state index contributed by atoms with van der Waals surface area (Å²) in [5, 5.41) is 0.701. The number of nitrogens with two attached hydrogens (primary N) is 1. The lowest BCUT2D eigenvalue weighted by Crippen LogP contribution is -2.02. The zero-order chi connectivity index (χ0) is 14.1. The van der Waals surface area contributed by atoms with Gasteiger partial charge in [0.2, 0.25) is 0 Å². The summed E-state index contributed by atoms with van der Waals surface area (Å²) in [4.78, 5) is 4.67. The lowest BCUT2D eigenvalue weighted by molar-refractivity contribution is 0.969. The van der Waals surface area contributed by atoms with Crippen LogP contribution >= 0.6 is 11.6 Å². The number of fused-ring (bicyclic) bond motifs is 1. The second-order valence-corrected chi connectivity index (χ2v) is 5.29. The van der Waals surface area contributed by atoms with Gasteiger partial charge in [-0.2, -0.15) is 0 Å². The molecule has 3 nitrogen and oxygen atoms in total. The number of hydrogen-bond acceptors (Lipinski definition) is 2. The first kappa shape index (κ1) is 13.2. The Hall–Kier alpha value is -1.84. The molecule has 0 spiro atoms. The minimum absolute atomic E-state index is 0.672. The van der Waals surface area contributed by atoms with Crippen LogP contribution < -0.4 is 5.73 Å². The average Bonchev–Trinajstić information content (AvgIpc) is 2.77. The third-order valence-electron chi connectivity index (χ3n) is 3.49. The zero-order valence-electron chi connectivity index (χ0n) is 11.3. The molecule has 2 aromatic heterocycles. The number of imidazole rings is 1. The van der Waals surface area contributed by atoms with Gasteiger partial charge in [0.05, 0.1) is 5.69 Å². The van der Waals surface area contributed by atoms with E-state index in [-0.39, 0.29) is 0 Å². The Morgan fingerprint density at radius 3 is 2.65 bits per heavy atom. The van der Waals surface area contributed by atoms with Crippen molar-refractivity contribution in [2.24, 2.45) is 5.73 Å². The third kappa shape index (κ3) is 2.30. The molecule has 0 fully saturated rings. The van der Waals surface area contributed by atoms with Gasteiger partial charge in [0.15, 0.2) is 0 Å². The van der Waals surface area contributed by atoms with E-state index in [4.69, 9.17) is 17.3 Å². The molecule has 0 unspecified atom stereocenters. The summed E-state index contributed by atoms with van der Waals surface area (Å²) < 4.78 is 2.05. The van der Waals surface area contributed by atoms with Gasteiger partial charge in [0.25, 0.3) is 0 Å². The van der Waals surface area contributed by atoms with Crippen LogP contribution in [-0.2, 0) is 6.42 Å². The normalized spacial score (nSPS) is 11.2. The SMILES string of the molecule is Cc1c(-c2ccc(CCN)cc2)nc2cc(Cl)ccn12. The summed E-state index contributed by atoms with van der Waals surface area (Å²) in [7, 11) is 0. The highest BCUT2D eigenvalue weighted by Gasteiger charge is 2.10. The second kappa shape index (κ2) is 5.27. The Morgan fingerprint density at radius 1 is 1.20 bits per heavy atom. The molecule has 0 aliphatic heterocycles. The van der Waals surface area contributed by atoms with Crippen LogP contribution in [0.15, 0.2) is 42.6 Å². The van der Waals surface area contributed by atoms with E-state index in [1.165, 1.54) is 5.56 Å². The van der Waals surface area contributed by atoms with Gasteiger partial charge >= 0.3 is 0 Å². The number of aromatic nitrogens is 2. The van der Waals surface area contributed by atoms with Crippen molar-refractivity contribution in [3.8, 4) is 11.3 Å². The quantitative estimate of drug-likeness (QED) is 0.801. The van der Waals surface area contributed by atoms with Gasteiger partial charge in [-0.1, -0.05) is 35.9 Å². The summed E-state index contributed by atoms with van der Waals surface area (Å²) in [5.41, 5.74) is 10.9. The molecule has 0 amide bonds. The van der Waals surface area contributed by atoms with Gasteiger partial charge in [0, 0.05) is 28.5 Å². The van der Waals surface area contributed by atoms with Crippen LogP contribution in [0.1, 0.15) is 11.3 Å². The van der Waals surface area contributed by atoms with Crippen LogP contribution in [0.25, 0.3) is 16.9 Å². The van der Waals surface area contributed by atoms with Crippen molar-refractivity contribution in [2.45, 2.75) is 13.3 Å². The highest BCUT2D eigenvalue weighted by molar-refractivity contribution is 6.30. The predicted octanol–water partition coefficient (Wildman–Crippen LogP) is 3.46. The lowest BCUT2D eigenvalue weighted by Gasteiger charge is -2.02. The molecule has 0 atom stereocenters. The van der Waals surface area contributed by atoms with Gasteiger partial charge in [0.1, 0.15) is 5.65 Å². The molecule has 4 heteroatoms. The second-order valence-electron chi connectivity index (χ2n) is 4.85. The molecule has 0 saturated heterocycles. The minimum Gasteiger partial charge on any atom is -0.330 e. The van der Waals surface area contributed by atoms with E-state index >= 15 is 0 Å². The summed E-state index contributed by atoms with van der Waals surface area (Å²) in [6, 6.07) is 12.2. The first-order chi connectivity index (χ1) is 9.69. The third-order valence-corrected chi connectivity index (χ3v) is 3.72. The van der Waals surface area contributed by atoms with Crippen LogP contribution in [0, 0.1) is 6.92 Å². The Bertz CT molecular complexity index is 744. The topological polar surface area (TPSA) is 43.3 Å². The molecule has 1 aromatic carbocycles. The number of rotatable bonds is 3. The molecule has 2 heterocycles. The van der Waals surface area contributed by atoms with Gasteiger partial charge in [-0.15, -0.1) is 0 Å². The molecule has 2 N–H and O–H groups in total. The van der Waals surface area contributed by atoms with E-state index < -0.39 is 0 Å². The fraction of sp³-hybridized carbons (Fsp3) is 0.188. The first-order valence-corrected chi connectivity index (χ1v) is 7.00. The van der Waals surface area contributed by atoms with E-state index in [0.717, 1.165) is 29.0 Å². The molecule has 3 aromatic rings. The zero-order valence-corrected chi connectivity index (χ0v) is 12.1. The summed E-state index contributed by atoms with van der Waals surface area (Å²) in [5.74, 6) is 0. The Morgan fingerprint density at radius 2 is 1.95 bits per heavy atom. The smallest absolute Gasteiger partial charge is 0.139 e. The first-order valence-electron chi connectivity index (χ1n) is 6.62. The highest BCUT2D eigenvalue weighted by atomic mass is 35.5. The van der Waals surface area contributed by atoms with Crippen LogP contribution in [-0.4, -0.2) is 15.9 Å². The molecule has 0 aliphatic carbocycles. The number of benzene rings is 1. The molecule has 0 radical (unpaired) electrons. The molecule has 0 bridgehead atoms. The Balaban J connectivity index is 2.07.